The largest absolute Gasteiger partial charge is 0.223 e. The minimum atomic E-state index is -3.57. The maximum Gasteiger partial charge on any atom is 0.187 e. The minimum Gasteiger partial charge on any atom is -0.223 e. The molecule has 0 fully saturated rings. The van der Waals surface area contributed by atoms with Crippen LogP contribution in [-0.4, -0.2) is 8.42 Å². The maximum absolute atomic E-state index is 12.9. The summed E-state index contributed by atoms with van der Waals surface area (Å²) in [6.45, 7) is 5.62. The van der Waals surface area contributed by atoms with Crippen molar-refractivity contribution in [2.45, 2.75) is 23.5 Å². The summed E-state index contributed by atoms with van der Waals surface area (Å²) in [5.74, 6) is 0. The molecule has 1 atom stereocenters. The molecule has 1 unspecified atom stereocenters. The summed E-state index contributed by atoms with van der Waals surface area (Å²) in [6, 6.07) is 14.1. The summed E-state index contributed by atoms with van der Waals surface area (Å²) in [7, 11) is -3.57. The van der Waals surface area contributed by atoms with Crippen LogP contribution in [0, 0.1) is 6.92 Å². The zero-order chi connectivity index (χ0) is 15.5. The second-order valence-electron chi connectivity index (χ2n) is 4.90. The fraction of sp³-hybridized carbons (Fsp3) is 0.176. The Labute approximate surface area is 131 Å². The smallest absolute Gasteiger partial charge is 0.187 e. The number of halogens is 1. The quantitative estimate of drug-likeness (QED) is 0.746. The highest BCUT2D eigenvalue weighted by atomic mass is 35.5. The number of rotatable bonds is 5. The van der Waals surface area contributed by atoms with E-state index in [1.807, 2.05) is 31.2 Å². The monoisotopic (exact) mass is 320 g/mol. The molecule has 4 heteroatoms. The Kier molecular flexibility index (Phi) is 4.86. The lowest BCUT2D eigenvalue weighted by Crippen LogP contribution is -2.14. The number of aryl methyl sites for hydroxylation is 1. The van der Waals surface area contributed by atoms with Gasteiger partial charge in [-0.2, -0.15) is 0 Å². The van der Waals surface area contributed by atoms with E-state index in [0.717, 1.165) is 11.1 Å². The average molecular weight is 321 g/mol. The molecular formula is C17H17ClO2S. The van der Waals surface area contributed by atoms with Crippen LogP contribution < -0.4 is 0 Å². The second kappa shape index (κ2) is 6.46. The number of allylic oxidation sites excluding steroid dienone is 1. The van der Waals surface area contributed by atoms with Crippen LogP contribution in [-0.2, 0) is 9.84 Å². The molecule has 0 saturated carbocycles. The molecule has 2 aromatic carbocycles. The van der Waals surface area contributed by atoms with E-state index in [2.05, 4.69) is 6.58 Å². The first-order valence-corrected chi connectivity index (χ1v) is 8.55. The molecule has 0 radical (unpaired) electrons. The van der Waals surface area contributed by atoms with Crippen LogP contribution in [0.1, 0.15) is 22.8 Å². The fourth-order valence-electron chi connectivity index (χ4n) is 2.29. The third-order valence-corrected chi connectivity index (χ3v) is 5.94. The molecule has 0 aliphatic carbocycles. The van der Waals surface area contributed by atoms with E-state index in [-0.39, 0.29) is 9.92 Å². The van der Waals surface area contributed by atoms with Gasteiger partial charge in [0.2, 0.25) is 0 Å². The molecule has 0 bridgehead atoms. The highest BCUT2D eigenvalue weighted by Crippen LogP contribution is 2.35. The summed E-state index contributed by atoms with van der Waals surface area (Å²) in [5.41, 5.74) is 1.78. The lowest BCUT2D eigenvalue weighted by molar-refractivity contribution is 0.582. The molecule has 0 spiro atoms. The van der Waals surface area contributed by atoms with Crippen LogP contribution in [0.3, 0.4) is 0 Å². The Morgan fingerprint density at radius 3 is 2.52 bits per heavy atom. The summed E-state index contributed by atoms with van der Waals surface area (Å²) in [5, 5.41) is -0.422. The van der Waals surface area contributed by atoms with Crippen molar-refractivity contribution in [3.8, 4) is 0 Å². The molecule has 2 aromatic rings. The first-order valence-electron chi connectivity index (χ1n) is 6.62. The second-order valence-corrected chi connectivity index (χ2v) is 7.41. The molecule has 2 rings (SSSR count). The molecule has 0 heterocycles. The van der Waals surface area contributed by atoms with E-state index in [1.165, 1.54) is 0 Å². The van der Waals surface area contributed by atoms with Crippen molar-refractivity contribution in [3.63, 3.8) is 0 Å². The Hall–Kier alpha value is -1.58. The summed E-state index contributed by atoms with van der Waals surface area (Å²) in [4.78, 5) is 0.167. The van der Waals surface area contributed by atoms with Gasteiger partial charge in [0.25, 0.3) is 0 Å². The highest BCUT2D eigenvalue weighted by molar-refractivity contribution is 7.91. The molecular weight excluding hydrogens is 304 g/mol. The van der Waals surface area contributed by atoms with Gasteiger partial charge in [-0.1, -0.05) is 59.6 Å². The van der Waals surface area contributed by atoms with Crippen LogP contribution in [0.4, 0.5) is 0 Å². The Morgan fingerprint density at radius 2 is 1.90 bits per heavy atom. The van der Waals surface area contributed by atoms with Gasteiger partial charge in [0.05, 0.1) is 15.2 Å². The van der Waals surface area contributed by atoms with E-state index < -0.39 is 15.1 Å². The molecule has 0 aromatic heterocycles. The topological polar surface area (TPSA) is 34.1 Å². The molecule has 0 N–H and O–H groups in total. The Morgan fingerprint density at radius 1 is 1.19 bits per heavy atom. The molecule has 21 heavy (non-hydrogen) atoms. The normalized spacial score (nSPS) is 12.9. The van der Waals surface area contributed by atoms with Gasteiger partial charge in [-0.05, 0) is 31.0 Å². The number of sulfone groups is 1. The molecule has 0 amide bonds. The Bertz CT molecular complexity index is 751. The average Bonchev–Trinajstić information content (AvgIpc) is 2.44. The van der Waals surface area contributed by atoms with Crippen molar-refractivity contribution in [3.05, 3.63) is 77.3 Å². The minimum absolute atomic E-state index is 0.167. The van der Waals surface area contributed by atoms with Crippen molar-refractivity contribution in [1.82, 2.24) is 0 Å². The van der Waals surface area contributed by atoms with Crippen molar-refractivity contribution >= 4 is 21.4 Å². The molecule has 0 aliphatic heterocycles. The highest BCUT2D eigenvalue weighted by Gasteiger charge is 2.29. The fourth-order valence-corrected chi connectivity index (χ4v) is 4.56. The van der Waals surface area contributed by atoms with Gasteiger partial charge in [-0.15, -0.1) is 6.58 Å². The van der Waals surface area contributed by atoms with E-state index >= 15 is 0 Å². The van der Waals surface area contributed by atoms with E-state index in [1.54, 1.807) is 30.3 Å². The first kappa shape index (κ1) is 15.8. The van der Waals surface area contributed by atoms with Gasteiger partial charge >= 0.3 is 0 Å². The number of benzene rings is 2. The van der Waals surface area contributed by atoms with E-state index in [0.29, 0.717) is 6.42 Å². The molecule has 0 saturated heterocycles. The van der Waals surface area contributed by atoms with Gasteiger partial charge in [-0.25, -0.2) is 8.42 Å². The van der Waals surface area contributed by atoms with Gasteiger partial charge in [0.1, 0.15) is 0 Å². The van der Waals surface area contributed by atoms with Crippen LogP contribution in [0.2, 0.25) is 5.02 Å². The van der Waals surface area contributed by atoms with Gasteiger partial charge < -0.3 is 0 Å². The van der Waals surface area contributed by atoms with Crippen LogP contribution in [0.25, 0.3) is 0 Å². The first-order chi connectivity index (χ1) is 9.96. The Balaban J connectivity index is 2.57. The van der Waals surface area contributed by atoms with E-state index in [4.69, 9.17) is 11.6 Å². The lowest BCUT2D eigenvalue weighted by atomic mass is 10.1. The van der Waals surface area contributed by atoms with Gasteiger partial charge in [0, 0.05) is 0 Å². The zero-order valence-electron chi connectivity index (χ0n) is 11.8. The molecule has 2 nitrogen and oxygen atoms in total. The standard InChI is InChI=1S/C17H17ClO2S/c1-3-7-16(14-9-6-8-13(2)12-14)21(19,20)17-11-5-4-10-15(17)18/h3-6,8-12,16H,1,7H2,2H3. The van der Waals surface area contributed by atoms with Crippen molar-refractivity contribution in [2.75, 3.05) is 0 Å². The number of hydrogen-bond acceptors (Lipinski definition) is 2. The maximum atomic E-state index is 12.9. The van der Waals surface area contributed by atoms with E-state index in [9.17, 15) is 8.42 Å². The third kappa shape index (κ3) is 3.36. The predicted molar refractivity (Wildman–Crippen MR) is 87.4 cm³/mol. The SMILES string of the molecule is C=CCC(c1cccc(C)c1)S(=O)(=O)c1ccccc1Cl. The molecule has 0 aliphatic rings. The summed E-state index contributed by atoms with van der Waals surface area (Å²) in [6.07, 6.45) is 1.97. The van der Waals surface area contributed by atoms with Crippen molar-refractivity contribution < 1.29 is 8.42 Å². The van der Waals surface area contributed by atoms with Crippen LogP contribution in [0.15, 0.2) is 66.1 Å². The van der Waals surface area contributed by atoms with Crippen LogP contribution in [0.5, 0.6) is 0 Å². The summed E-state index contributed by atoms with van der Waals surface area (Å²) < 4.78 is 25.8. The molecule has 110 valence electrons. The van der Waals surface area contributed by atoms with Crippen LogP contribution >= 0.6 is 11.6 Å². The van der Waals surface area contributed by atoms with Gasteiger partial charge in [-0.3, -0.25) is 0 Å². The lowest BCUT2D eigenvalue weighted by Gasteiger charge is -2.18. The summed E-state index contributed by atoms with van der Waals surface area (Å²) >= 11 is 6.07. The van der Waals surface area contributed by atoms with Crippen molar-refractivity contribution in [2.24, 2.45) is 0 Å². The predicted octanol–water partition coefficient (Wildman–Crippen LogP) is 4.74. The zero-order valence-corrected chi connectivity index (χ0v) is 13.4. The third-order valence-electron chi connectivity index (χ3n) is 3.31. The van der Waals surface area contributed by atoms with Gasteiger partial charge in [0.15, 0.2) is 9.84 Å². The van der Waals surface area contributed by atoms with Crippen molar-refractivity contribution in [1.29, 1.82) is 0 Å². The number of hydrogen-bond donors (Lipinski definition) is 0.